The number of hydrogen-bond donors (Lipinski definition) is 1. The molecule has 0 fully saturated rings. The number of hydrazone groups is 1. The van der Waals surface area contributed by atoms with E-state index in [1.54, 1.807) is 11.8 Å². The first-order valence-electron chi connectivity index (χ1n) is 5.95. The summed E-state index contributed by atoms with van der Waals surface area (Å²) in [5.74, 6) is 0. The zero-order valence-electron chi connectivity index (χ0n) is 10.1. The fraction of sp³-hybridized carbons (Fsp3) is 0.133. The number of hydrogen-bond acceptors (Lipinski definition) is 3. The molecule has 1 heterocycles. The quantitative estimate of drug-likeness (QED) is 0.884. The lowest BCUT2D eigenvalue weighted by Crippen LogP contribution is -2.05. The number of rotatable bonds is 2. The van der Waals surface area contributed by atoms with Gasteiger partial charge in [0.2, 0.25) is 0 Å². The molecule has 1 aliphatic heterocycles. The van der Waals surface area contributed by atoms with Crippen molar-refractivity contribution in [3.8, 4) is 0 Å². The van der Waals surface area contributed by atoms with E-state index in [-0.39, 0.29) is 5.37 Å². The maximum atomic E-state index is 4.42. The lowest BCUT2D eigenvalue weighted by molar-refractivity contribution is 0.744. The Kier molecular flexibility index (Phi) is 3.07. The highest BCUT2D eigenvalue weighted by Crippen LogP contribution is 2.33. The highest BCUT2D eigenvalue weighted by Gasteiger charge is 2.21. The first-order chi connectivity index (χ1) is 8.83. The highest BCUT2D eigenvalue weighted by atomic mass is 32.2. The molecular weight excluding hydrogens is 240 g/mol. The molecule has 0 aromatic heterocycles. The number of thioether (sulfide) groups is 1. The van der Waals surface area contributed by atoms with Gasteiger partial charge in [-0.05, 0) is 12.5 Å². The summed E-state index contributed by atoms with van der Waals surface area (Å²) >= 11 is 1.76. The van der Waals surface area contributed by atoms with Crippen LogP contribution >= 0.6 is 11.8 Å². The maximum absolute atomic E-state index is 4.42. The van der Waals surface area contributed by atoms with Crippen LogP contribution in [-0.4, -0.2) is 5.04 Å². The molecular formula is C15H14N2S. The van der Waals surface area contributed by atoms with Gasteiger partial charge in [-0.3, -0.25) is 5.43 Å². The Morgan fingerprint density at radius 3 is 2.44 bits per heavy atom. The number of nitrogens with one attached hydrogen (secondary N) is 1. The molecule has 3 heteroatoms. The van der Waals surface area contributed by atoms with E-state index in [1.807, 2.05) is 6.07 Å². The van der Waals surface area contributed by atoms with Gasteiger partial charge >= 0.3 is 0 Å². The van der Waals surface area contributed by atoms with E-state index in [0.29, 0.717) is 0 Å². The third kappa shape index (κ3) is 2.27. The third-order valence-corrected chi connectivity index (χ3v) is 4.08. The van der Waals surface area contributed by atoms with Crippen LogP contribution in [0.3, 0.4) is 0 Å². The molecule has 0 saturated carbocycles. The van der Waals surface area contributed by atoms with Gasteiger partial charge in [0.05, 0.1) is 0 Å². The molecule has 2 aromatic carbocycles. The minimum Gasteiger partial charge on any atom is -0.291 e. The first-order valence-corrected chi connectivity index (χ1v) is 6.83. The molecule has 0 aliphatic carbocycles. The summed E-state index contributed by atoms with van der Waals surface area (Å²) in [4.78, 5) is 0. The van der Waals surface area contributed by atoms with Crippen molar-refractivity contribution in [1.82, 2.24) is 5.43 Å². The van der Waals surface area contributed by atoms with Crippen LogP contribution in [-0.2, 0) is 0 Å². The fourth-order valence-electron chi connectivity index (χ4n) is 1.88. The Bertz CT molecular complexity index is 561. The molecule has 2 aromatic rings. The maximum Gasteiger partial charge on any atom is 0.126 e. The lowest BCUT2D eigenvalue weighted by Gasteiger charge is -2.08. The first kappa shape index (κ1) is 11.4. The van der Waals surface area contributed by atoms with Gasteiger partial charge in [0.15, 0.2) is 0 Å². The summed E-state index contributed by atoms with van der Waals surface area (Å²) in [5, 5.41) is 5.71. The van der Waals surface area contributed by atoms with E-state index in [2.05, 4.69) is 66.0 Å². The SMILES string of the molecule is Cc1ccc(C2=NN[C@H](c3ccccc3)S2)cc1. The summed E-state index contributed by atoms with van der Waals surface area (Å²) in [6.45, 7) is 2.10. The molecule has 0 bridgehead atoms. The van der Waals surface area contributed by atoms with Gasteiger partial charge in [0.1, 0.15) is 10.4 Å². The van der Waals surface area contributed by atoms with Gasteiger partial charge in [-0.2, -0.15) is 5.10 Å². The lowest BCUT2D eigenvalue weighted by atomic mass is 10.2. The minimum absolute atomic E-state index is 0.225. The van der Waals surface area contributed by atoms with Crippen LogP contribution < -0.4 is 5.43 Å². The van der Waals surface area contributed by atoms with Gasteiger partial charge < -0.3 is 0 Å². The molecule has 0 unspecified atom stereocenters. The number of benzene rings is 2. The molecule has 18 heavy (non-hydrogen) atoms. The van der Waals surface area contributed by atoms with Crippen LogP contribution in [0.4, 0.5) is 0 Å². The summed E-state index contributed by atoms with van der Waals surface area (Å²) in [7, 11) is 0. The van der Waals surface area contributed by atoms with Crippen molar-refractivity contribution in [3.05, 3.63) is 71.3 Å². The predicted octanol–water partition coefficient (Wildman–Crippen LogP) is 3.69. The second-order valence-corrected chi connectivity index (χ2v) is 5.41. The number of nitrogens with zero attached hydrogens (tertiary/aromatic N) is 1. The van der Waals surface area contributed by atoms with Gasteiger partial charge in [0.25, 0.3) is 0 Å². The van der Waals surface area contributed by atoms with Crippen LogP contribution in [0.15, 0.2) is 59.7 Å². The average molecular weight is 254 g/mol. The molecule has 90 valence electrons. The Balaban J connectivity index is 1.77. The summed E-state index contributed by atoms with van der Waals surface area (Å²) < 4.78 is 0. The fourth-order valence-corrected chi connectivity index (χ4v) is 2.88. The standard InChI is InChI=1S/C15H14N2S/c1-11-7-9-13(10-8-11)15-17-16-14(18-15)12-5-3-2-4-6-12/h2-10,14,16H,1H3/t14-/m0/s1. The zero-order valence-corrected chi connectivity index (χ0v) is 10.9. The topological polar surface area (TPSA) is 24.4 Å². The average Bonchev–Trinajstić information content (AvgIpc) is 2.90. The van der Waals surface area contributed by atoms with Crippen molar-refractivity contribution in [1.29, 1.82) is 0 Å². The third-order valence-electron chi connectivity index (χ3n) is 2.91. The van der Waals surface area contributed by atoms with E-state index >= 15 is 0 Å². The minimum atomic E-state index is 0.225. The van der Waals surface area contributed by atoms with E-state index in [0.717, 1.165) is 5.04 Å². The molecule has 0 amide bonds. The van der Waals surface area contributed by atoms with Crippen molar-refractivity contribution in [2.75, 3.05) is 0 Å². The smallest absolute Gasteiger partial charge is 0.126 e. The zero-order chi connectivity index (χ0) is 12.4. The van der Waals surface area contributed by atoms with E-state index < -0.39 is 0 Å². The molecule has 1 N–H and O–H groups in total. The normalized spacial score (nSPS) is 18.3. The molecule has 0 radical (unpaired) electrons. The number of aryl methyl sites for hydroxylation is 1. The van der Waals surface area contributed by atoms with Crippen molar-refractivity contribution in [2.24, 2.45) is 5.10 Å². The van der Waals surface area contributed by atoms with Crippen molar-refractivity contribution in [3.63, 3.8) is 0 Å². The van der Waals surface area contributed by atoms with Crippen LogP contribution in [0.1, 0.15) is 22.1 Å². The molecule has 1 atom stereocenters. The largest absolute Gasteiger partial charge is 0.291 e. The molecule has 1 aliphatic rings. The van der Waals surface area contributed by atoms with Crippen molar-refractivity contribution in [2.45, 2.75) is 12.3 Å². The van der Waals surface area contributed by atoms with E-state index in [4.69, 9.17) is 0 Å². The Hall–Kier alpha value is -1.74. The summed E-state index contributed by atoms with van der Waals surface area (Å²) in [5.41, 5.74) is 6.90. The van der Waals surface area contributed by atoms with Crippen LogP contribution in [0.5, 0.6) is 0 Å². The van der Waals surface area contributed by atoms with Gasteiger partial charge in [-0.15, -0.1) is 0 Å². The van der Waals surface area contributed by atoms with Gasteiger partial charge in [-0.1, -0.05) is 71.9 Å². The van der Waals surface area contributed by atoms with Crippen LogP contribution in [0.25, 0.3) is 0 Å². The summed E-state index contributed by atoms with van der Waals surface area (Å²) in [6, 6.07) is 18.9. The van der Waals surface area contributed by atoms with E-state index in [1.165, 1.54) is 16.7 Å². The second kappa shape index (κ2) is 4.86. The van der Waals surface area contributed by atoms with Crippen LogP contribution in [0, 0.1) is 6.92 Å². The van der Waals surface area contributed by atoms with Crippen molar-refractivity contribution >= 4 is 16.8 Å². The molecule has 0 spiro atoms. The Morgan fingerprint density at radius 2 is 1.72 bits per heavy atom. The molecule has 3 rings (SSSR count). The van der Waals surface area contributed by atoms with Crippen LogP contribution in [0.2, 0.25) is 0 Å². The van der Waals surface area contributed by atoms with Gasteiger partial charge in [0, 0.05) is 5.56 Å². The predicted molar refractivity (Wildman–Crippen MR) is 77.6 cm³/mol. The second-order valence-electron chi connectivity index (χ2n) is 4.32. The highest BCUT2D eigenvalue weighted by molar-refractivity contribution is 8.14. The Labute approximate surface area is 111 Å². The van der Waals surface area contributed by atoms with Gasteiger partial charge in [-0.25, -0.2) is 0 Å². The monoisotopic (exact) mass is 254 g/mol. The summed E-state index contributed by atoms with van der Waals surface area (Å²) in [6.07, 6.45) is 0. The van der Waals surface area contributed by atoms with E-state index in [9.17, 15) is 0 Å². The Morgan fingerprint density at radius 1 is 1.00 bits per heavy atom. The van der Waals surface area contributed by atoms with Crippen molar-refractivity contribution < 1.29 is 0 Å². The molecule has 0 saturated heterocycles. The molecule has 2 nitrogen and oxygen atoms in total.